The number of carbonyl (C=O) groups is 1. The number of rotatable bonds is 4. The third kappa shape index (κ3) is 2.74. The van der Waals surface area contributed by atoms with Crippen LogP contribution in [-0.4, -0.2) is 37.1 Å². The zero-order valence-electron chi connectivity index (χ0n) is 11.4. The second-order valence-electron chi connectivity index (χ2n) is 4.67. The number of nitrogens with zero attached hydrogens (tertiary/aromatic N) is 1. The predicted molar refractivity (Wildman–Crippen MR) is 71.7 cm³/mol. The number of esters is 1. The van der Waals surface area contributed by atoms with E-state index >= 15 is 0 Å². The number of hydrogen-bond acceptors (Lipinski definition) is 5. The van der Waals surface area contributed by atoms with E-state index in [9.17, 15) is 9.82 Å². The number of hydrogen-bond donors (Lipinski definition) is 1. The van der Waals surface area contributed by atoms with E-state index in [1.54, 1.807) is 13.9 Å². The van der Waals surface area contributed by atoms with Gasteiger partial charge in [-0.15, -0.1) is 0 Å². The van der Waals surface area contributed by atoms with Crippen LogP contribution in [0.1, 0.15) is 23.6 Å². The third-order valence-electron chi connectivity index (χ3n) is 3.53. The average Bonchev–Trinajstić information content (AvgIpc) is 2.76. The lowest BCUT2D eigenvalue weighted by molar-refractivity contribution is -0.141. The van der Waals surface area contributed by atoms with Gasteiger partial charge in [0.15, 0.2) is 0 Å². The Balaban J connectivity index is 2.31. The topological polar surface area (TPSA) is 59.0 Å². The standard InChI is InChI=1S/C13H18BNO4/c1-14(17)15-8-9-6-10(18-2)4-5-11(9)12(15)7-13(16)19-3/h4-6,12,17H,7-8H2,1-3H3. The van der Waals surface area contributed by atoms with Crippen LogP contribution in [0.2, 0.25) is 6.82 Å². The molecular weight excluding hydrogens is 245 g/mol. The fourth-order valence-electron chi connectivity index (χ4n) is 2.52. The van der Waals surface area contributed by atoms with E-state index in [4.69, 9.17) is 9.47 Å². The molecule has 6 heteroatoms. The van der Waals surface area contributed by atoms with Crippen LogP contribution >= 0.6 is 0 Å². The molecule has 1 heterocycles. The highest BCUT2D eigenvalue weighted by molar-refractivity contribution is 6.45. The van der Waals surface area contributed by atoms with Crippen LogP contribution < -0.4 is 4.74 Å². The van der Waals surface area contributed by atoms with Gasteiger partial charge in [0.1, 0.15) is 5.75 Å². The minimum atomic E-state index is -0.618. The van der Waals surface area contributed by atoms with Gasteiger partial charge in [0.2, 0.25) is 0 Å². The van der Waals surface area contributed by atoms with Crippen LogP contribution in [0.4, 0.5) is 0 Å². The summed E-state index contributed by atoms with van der Waals surface area (Å²) in [5.74, 6) is 0.502. The molecule has 0 aliphatic carbocycles. The molecule has 0 saturated carbocycles. The highest BCUT2D eigenvalue weighted by Crippen LogP contribution is 2.38. The van der Waals surface area contributed by atoms with Crippen molar-refractivity contribution in [1.82, 2.24) is 4.81 Å². The molecule has 5 nitrogen and oxygen atoms in total. The fourth-order valence-corrected chi connectivity index (χ4v) is 2.52. The van der Waals surface area contributed by atoms with Gasteiger partial charge < -0.3 is 19.3 Å². The highest BCUT2D eigenvalue weighted by Gasteiger charge is 2.36. The molecule has 1 aromatic rings. The fraction of sp³-hybridized carbons (Fsp3) is 0.462. The van der Waals surface area contributed by atoms with Crippen molar-refractivity contribution in [2.45, 2.75) is 25.8 Å². The second kappa shape index (κ2) is 5.63. The average molecular weight is 263 g/mol. The number of benzene rings is 1. The number of carbonyl (C=O) groups excluding carboxylic acids is 1. The van der Waals surface area contributed by atoms with Crippen LogP contribution in [0.15, 0.2) is 18.2 Å². The monoisotopic (exact) mass is 263 g/mol. The van der Waals surface area contributed by atoms with Gasteiger partial charge in [0.25, 0.3) is 0 Å². The van der Waals surface area contributed by atoms with Crippen LogP contribution in [-0.2, 0) is 16.1 Å². The predicted octanol–water partition coefficient (Wildman–Crippen LogP) is 1.23. The van der Waals surface area contributed by atoms with E-state index in [2.05, 4.69) is 0 Å². The zero-order valence-corrected chi connectivity index (χ0v) is 11.4. The van der Waals surface area contributed by atoms with Gasteiger partial charge >= 0.3 is 13.0 Å². The van der Waals surface area contributed by atoms with Gasteiger partial charge in [-0.05, 0) is 30.1 Å². The SMILES string of the molecule is COC(=O)CC1c2ccc(OC)cc2CN1B(C)O. The minimum Gasteiger partial charge on any atom is -0.497 e. The van der Waals surface area contributed by atoms with Gasteiger partial charge in [0.05, 0.1) is 20.6 Å². The number of fused-ring (bicyclic) bond motifs is 1. The van der Waals surface area contributed by atoms with Crippen molar-refractivity contribution >= 4 is 13.0 Å². The summed E-state index contributed by atoms with van der Waals surface area (Å²) in [5.41, 5.74) is 2.13. The first-order valence-corrected chi connectivity index (χ1v) is 6.24. The molecule has 19 heavy (non-hydrogen) atoms. The molecule has 0 saturated heterocycles. The molecular formula is C13H18BNO4. The summed E-state index contributed by atoms with van der Waals surface area (Å²) in [6.07, 6.45) is 0.237. The van der Waals surface area contributed by atoms with E-state index in [0.29, 0.717) is 6.54 Å². The lowest BCUT2D eigenvalue weighted by Crippen LogP contribution is -2.36. The molecule has 0 aromatic heterocycles. The first-order chi connectivity index (χ1) is 9.06. The lowest BCUT2D eigenvalue weighted by atomic mass is 9.83. The number of ether oxygens (including phenoxy) is 2. The van der Waals surface area contributed by atoms with E-state index in [-0.39, 0.29) is 18.4 Å². The summed E-state index contributed by atoms with van der Waals surface area (Å²) >= 11 is 0. The highest BCUT2D eigenvalue weighted by atomic mass is 16.5. The van der Waals surface area contributed by atoms with Crippen LogP contribution in [0.25, 0.3) is 0 Å². The molecule has 0 amide bonds. The maximum atomic E-state index is 11.5. The van der Waals surface area contributed by atoms with E-state index < -0.39 is 7.05 Å². The van der Waals surface area contributed by atoms with Crippen LogP contribution in [0.3, 0.4) is 0 Å². The third-order valence-corrected chi connectivity index (χ3v) is 3.53. The molecule has 0 spiro atoms. The summed E-state index contributed by atoms with van der Waals surface area (Å²) in [6, 6.07) is 5.62. The maximum absolute atomic E-state index is 11.5. The molecule has 102 valence electrons. The van der Waals surface area contributed by atoms with Crippen molar-refractivity contribution in [2.24, 2.45) is 0 Å². The molecule has 0 fully saturated rings. The van der Waals surface area contributed by atoms with Crippen molar-refractivity contribution < 1.29 is 19.3 Å². The van der Waals surface area contributed by atoms with Crippen molar-refractivity contribution in [3.8, 4) is 5.75 Å². The van der Waals surface area contributed by atoms with Gasteiger partial charge in [-0.1, -0.05) is 6.07 Å². The largest absolute Gasteiger partial charge is 0.497 e. The Bertz CT molecular complexity index is 478. The normalized spacial score (nSPS) is 18.0. The molecule has 0 bridgehead atoms. The second-order valence-corrected chi connectivity index (χ2v) is 4.67. The summed E-state index contributed by atoms with van der Waals surface area (Å²) < 4.78 is 9.93. The Labute approximate surface area is 113 Å². The van der Waals surface area contributed by atoms with E-state index in [1.807, 2.05) is 23.0 Å². The first kappa shape index (κ1) is 13.9. The van der Waals surface area contributed by atoms with Gasteiger partial charge in [-0.3, -0.25) is 4.79 Å². The Morgan fingerprint density at radius 1 is 1.53 bits per heavy atom. The molecule has 1 N–H and O–H groups in total. The van der Waals surface area contributed by atoms with Crippen molar-refractivity contribution in [1.29, 1.82) is 0 Å². The Kier molecular flexibility index (Phi) is 4.12. The molecule has 1 aliphatic rings. The number of methoxy groups -OCH3 is 2. The molecule has 1 aromatic carbocycles. The molecule has 2 rings (SSSR count). The quantitative estimate of drug-likeness (QED) is 0.654. The van der Waals surface area contributed by atoms with Crippen LogP contribution in [0.5, 0.6) is 5.75 Å². The smallest absolute Gasteiger partial charge is 0.377 e. The summed E-state index contributed by atoms with van der Waals surface area (Å²) in [6.45, 7) is 2.30. The lowest BCUT2D eigenvalue weighted by Gasteiger charge is -2.24. The van der Waals surface area contributed by atoms with Gasteiger partial charge in [0, 0.05) is 12.6 Å². The summed E-state index contributed by atoms with van der Waals surface area (Å²) in [5, 5.41) is 9.85. The van der Waals surface area contributed by atoms with E-state index in [0.717, 1.165) is 16.9 Å². The molecule has 0 radical (unpaired) electrons. The maximum Gasteiger partial charge on any atom is 0.377 e. The first-order valence-electron chi connectivity index (χ1n) is 6.24. The Hall–Kier alpha value is -1.53. The molecule has 1 atom stereocenters. The Morgan fingerprint density at radius 3 is 2.84 bits per heavy atom. The Morgan fingerprint density at radius 2 is 2.26 bits per heavy atom. The van der Waals surface area contributed by atoms with Crippen molar-refractivity contribution in [3.63, 3.8) is 0 Å². The molecule has 1 unspecified atom stereocenters. The summed E-state index contributed by atoms with van der Waals surface area (Å²) in [7, 11) is 2.38. The van der Waals surface area contributed by atoms with Crippen molar-refractivity contribution in [3.05, 3.63) is 29.3 Å². The summed E-state index contributed by atoms with van der Waals surface area (Å²) in [4.78, 5) is 13.4. The van der Waals surface area contributed by atoms with E-state index in [1.165, 1.54) is 7.11 Å². The van der Waals surface area contributed by atoms with Crippen LogP contribution in [0, 0.1) is 0 Å². The van der Waals surface area contributed by atoms with Crippen molar-refractivity contribution in [2.75, 3.05) is 14.2 Å². The zero-order chi connectivity index (χ0) is 14.0. The molecule has 1 aliphatic heterocycles. The minimum absolute atomic E-state index is 0.145. The van der Waals surface area contributed by atoms with Gasteiger partial charge in [-0.25, -0.2) is 0 Å². The van der Waals surface area contributed by atoms with Gasteiger partial charge in [-0.2, -0.15) is 0 Å².